The van der Waals surface area contributed by atoms with Crippen molar-refractivity contribution >= 4 is 0 Å². The highest BCUT2D eigenvalue weighted by Crippen LogP contribution is 2.48. The number of hydrogen-bond donors (Lipinski definition) is 1. The third-order valence-electron chi connectivity index (χ3n) is 2.82. The molecule has 0 heterocycles. The Morgan fingerprint density at radius 2 is 2.44 bits per heavy atom. The molecular weight excluding hydrogens is 112 g/mol. The van der Waals surface area contributed by atoms with Crippen LogP contribution in [-0.4, -0.2) is 11.2 Å². The van der Waals surface area contributed by atoms with E-state index in [1.807, 2.05) is 0 Å². The Balaban J connectivity index is 2.36. The van der Waals surface area contributed by atoms with Crippen molar-refractivity contribution in [1.82, 2.24) is 0 Å². The minimum Gasteiger partial charge on any atom is -0.392 e. The Bertz CT molecular complexity index is 162. The Hall–Kier alpha value is -0.300. The number of aliphatic hydroxyl groups excluding tert-OH is 1. The summed E-state index contributed by atoms with van der Waals surface area (Å²) in [4.78, 5) is 0. The van der Waals surface area contributed by atoms with E-state index in [2.05, 4.69) is 19.1 Å². The minimum absolute atomic E-state index is 0.0718. The van der Waals surface area contributed by atoms with E-state index in [-0.39, 0.29) is 11.5 Å². The SMILES string of the molecule is C[C@@]12C=C[C@@H](CC1)[C@@H]2O. The van der Waals surface area contributed by atoms with Gasteiger partial charge in [-0.05, 0) is 12.8 Å². The van der Waals surface area contributed by atoms with Gasteiger partial charge in [-0.15, -0.1) is 0 Å². The standard InChI is InChI=1S/C8H12O/c1-8-4-2-6(3-5-8)7(8)9/h2,4,6-7,9H,3,5H2,1H3/t6-,7-,8+/m0/s1. The molecular formula is C8H12O. The van der Waals surface area contributed by atoms with Crippen molar-refractivity contribution in [2.75, 3.05) is 0 Å². The maximum absolute atomic E-state index is 9.53. The monoisotopic (exact) mass is 124 g/mol. The van der Waals surface area contributed by atoms with Gasteiger partial charge in [-0.25, -0.2) is 0 Å². The second kappa shape index (κ2) is 1.40. The summed E-state index contributed by atoms with van der Waals surface area (Å²) >= 11 is 0. The molecule has 9 heavy (non-hydrogen) atoms. The van der Waals surface area contributed by atoms with E-state index >= 15 is 0 Å². The maximum atomic E-state index is 9.53. The first-order valence-corrected chi connectivity index (χ1v) is 3.60. The predicted molar refractivity (Wildman–Crippen MR) is 36.0 cm³/mol. The highest BCUT2D eigenvalue weighted by Gasteiger charge is 2.45. The van der Waals surface area contributed by atoms with Gasteiger partial charge in [0.15, 0.2) is 0 Å². The van der Waals surface area contributed by atoms with Gasteiger partial charge in [-0.2, -0.15) is 0 Å². The average molecular weight is 124 g/mol. The molecule has 0 aromatic rings. The third kappa shape index (κ3) is 0.531. The van der Waals surface area contributed by atoms with Crippen molar-refractivity contribution in [3.8, 4) is 0 Å². The summed E-state index contributed by atoms with van der Waals surface area (Å²) in [5, 5.41) is 9.53. The second-order valence-electron chi connectivity index (χ2n) is 3.51. The lowest BCUT2D eigenvalue weighted by Crippen LogP contribution is -2.22. The van der Waals surface area contributed by atoms with E-state index in [0.717, 1.165) is 0 Å². The molecule has 0 aromatic carbocycles. The van der Waals surface area contributed by atoms with Crippen LogP contribution in [0.1, 0.15) is 19.8 Å². The molecule has 0 aliphatic heterocycles. The molecule has 2 rings (SSSR count). The molecule has 2 aliphatic rings. The van der Waals surface area contributed by atoms with Crippen LogP contribution < -0.4 is 0 Å². The molecule has 2 bridgehead atoms. The van der Waals surface area contributed by atoms with Crippen LogP contribution in [0.5, 0.6) is 0 Å². The molecule has 50 valence electrons. The van der Waals surface area contributed by atoms with Crippen molar-refractivity contribution < 1.29 is 5.11 Å². The number of rotatable bonds is 0. The van der Waals surface area contributed by atoms with Gasteiger partial charge in [0.1, 0.15) is 0 Å². The maximum Gasteiger partial charge on any atom is 0.0690 e. The molecule has 0 spiro atoms. The van der Waals surface area contributed by atoms with Gasteiger partial charge in [0.25, 0.3) is 0 Å². The van der Waals surface area contributed by atoms with Crippen LogP contribution >= 0.6 is 0 Å². The number of aliphatic hydroxyl groups is 1. The zero-order valence-electron chi connectivity index (χ0n) is 5.67. The zero-order valence-corrected chi connectivity index (χ0v) is 5.67. The summed E-state index contributed by atoms with van der Waals surface area (Å²) in [5.74, 6) is 0.481. The molecule has 1 heteroatoms. The van der Waals surface area contributed by atoms with E-state index in [0.29, 0.717) is 5.92 Å². The highest BCUT2D eigenvalue weighted by atomic mass is 16.3. The molecule has 0 radical (unpaired) electrons. The van der Waals surface area contributed by atoms with Crippen LogP contribution in [0.3, 0.4) is 0 Å². The van der Waals surface area contributed by atoms with Gasteiger partial charge in [0, 0.05) is 11.3 Å². The van der Waals surface area contributed by atoms with Crippen molar-refractivity contribution in [3.63, 3.8) is 0 Å². The van der Waals surface area contributed by atoms with Crippen LogP contribution in [0.15, 0.2) is 12.2 Å². The normalized spacial score (nSPS) is 54.9. The van der Waals surface area contributed by atoms with E-state index in [4.69, 9.17) is 0 Å². The summed E-state index contributed by atoms with van der Waals surface area (Å²) in [6.07, 6.45) is 6.63. The smallest absolute Gasteiger partial charge is 0.0690 e. The summed E-state index contributed by atoms with van der Waals surface area (Å²) in [6.45, 7) is 2.14. The van der Waals surface area contributed by atoms with Crippen LogP contribution in [-0.2, 0) is 0 Å². The fourth-order valence-electron chi connectivity index (χ4n) is 2.00. The van der Waals surface area contributed by atoms with Gasteiger partial charge >= 0.3 is 0 Å². The van der Waals surface area contributed by atoms with Crippen molar-refractivity contribution in [3.05, 3.63) is 12.2 Å². The van der Waals surface area contributed by atoms with E-state index in [1.165, 1.54) is 12.8 Å². The summed E-state index contributed by atoms with van der Waals surface area (Å²) in [7, 11) is 0. The number of fused-ring (bicyclic) bond motifs is 2. The van der Waals surface area contributed by atoms with Crippen LogP contribution in [0.4, 0.5) is 0 Å². The van der Waals surface area contributed by atoms with Gasteiger partial charge in [0.2, 0.25) is 0 Å². The summed E-state index contributed by atoms with van der Waals surface area (Å²) < 4.78 is 0. The van der Waals surface area contributed by atoms with Gasteiger partial charge in [-0.1, -0.05) is 19.1 Å². The topological polar surface area (TPSA) is 20.2 Å². The highest BCUT2D eigenvalue weighted by molar-refractivity contribution is 5.18. The Labute approximate surface area is 55.4 Å². The van der Waals surface area contributed by atoms with Crippen LogP contribution in [0, 0.1) is 11.3 Å². The van der Waals surface area contributed by atoms with Crippen LogP contribution in [0.2, 0.25) is 0 Å². The fraction of sp³-hybridized carbons (Fsp3) is 0.750. The first kappa shape index (κ1) is 5.48. The molecule has 1 saturated carbocycles. The quantitative estimate of drug-likeness (QED) is 0.483. The average Bonchev–Trinajstić information content (AvgIpc) is 2.24. The van der Waals surface area contributed by atoms with Gasteiger partial charge in [-0.3, -0.25) is 0 Å². The van der Waals surface area contributed by atoms with Crippen molar-refractivity contribution in [1.29, 1.82) is 0 Å². The molecule has 1 N–H and O–H groups in total. The lowest BCUT2D eigenvalue weighted by molar-refractivity contribution is 0.0898. The Morgan fingerprint density at radius 1 is 1.67 bits per heavy atom. The second-order valence-corrected chi connectivity index (χ2v) is 3.51. The molecule has 3 atom stereocenters. The predicted octanol–water partition coefficient (Wildman–Crippen LogP) is 1.33. The molecule has 0 saturated heterocycles. The molecule has 1 fully saturated rings. The minimum atomic E-state index is -0.0718. The zero-order chi connectivity index (χ0) is 6.48. The lowest BCUT2D eigenvalue weighted by atomic mass is 9.89. The number of hydrogen-bond acceptors (Lipinski definition) is 1. The third-order valence-corrected chi connectivity index (χ3v) is 2.82. The molecule has 2 aliphatic carbocycles. The van der Waals surface area contributed by atoms with E-state index in [9.17, 15) is 5.11 Å². The molecule has 0 amide bonds. The Kier molecular flexibility index (Phi) is 0.854. The molecule has 0 aromatic heterocycles. The first-order chi connectivity index (χ1) is 4.22. The van der Waals surface area contributed by atoms with Crippen molar-refractivity contribution in [2.24, 2.45) is 11.3 Å². The Morgan fingerprint density at radius 3 is 2.56 bits per heavy atom. The molecule has 1 nitrogen and oxygen atoms in total. The summed E-state index contributed by atoms with van der Waals surface area (Å²) in [5.41, 5.74) is 0.144. The van der Waals surface area contributed by atoms with E-state index < -0.39 is 0 Å². The lowest BCUT2D eigenvalue weighted by Gasteiger charge is -2.20. The van der Waals surface area contributed by atoms with Crippen LogP contribution in [0.25, 0.3) is 0 Å². The largest absolute Gasteiger partial charge is 0.392 e. The fourth-order valence-corrected chi connectivity index (χ4v) is 2.00. The van der Waals surface area contributed by atoms with Gasteiger partial charge in [0.05, 0.1) is 6.10 Å². The van der Waals surface area contributed by atoms with Crippen molar-refractivity contribution in [2.45, 2.75) is 25.9 Å². The van der Waals surface area contributed by atoms with E-state index in [1.54, 1.807) is 0 Å². The molecule has 0 unspecified atom stereocenters. The summed E-state index contributed by atoms with van der Waals surface area (Å²) in [6, 6.07) is 0. The first-order valence-electron chi connectivity index (χ1n) is 3.60. The van der Waals surface area contributed by atoms with Gasteiger partial charge < -0.3 is 5.11 Å².